The van der Waals surface area contributed by atoms with E-state index in [-0.39, 0.29) is 30.2 Å². The van der Waals surface area contributed by atoms with E-state index >= 15 is 0 Å². The molecule has 0 spiro atoms. The fraction of sp³-hybridized carbons (Fsp3) is 0.370. The smallest absolute Gasteiger partial charge is 0.308 e. The van der Waals surface area contributed by atoms with Crippen LogP contribution < -0.4 is 9.47 Å². The van der Waals surface area contributed by atoms with E-state index in [1.54, 1.807) is 42.5 Å². The lowest BCUT2D eigenvalue weighted by atomic mass is 9.94. The van der Waals surface area contributed by atoms with Crippen molar-refractivity contribution in [1.82, 2.24) is 4.90 Å². The Bertz CT molecular complexity index is 1150. The molecule has 0 saturated carbocycles. The van der Waals surface area contributed by atoms with Gasteiger partial charge in [0.2, 0.25) is 0 Å². The summed E-state index contributed by atoms with van der Waals surface area (Å²) in [6.07, 6.45) is 0. The number of hydrogen-bond acceptors (Lipinski definition) is 7. The Morgan fingerprint density at radius 2 is 1.89 bits per heavy atom. The van der Waals surface area contributed by atoms with Crippen molar-refractivity contribution in [2.24, 2.45) is 5.92 Å². The molecule has 1 aliphatic heterocycles. The summed E-state index contributed by atoms with van der Waals surface area (Å²) in [6, 6.07) is 10.8. The minimum Gasteiger partial charge on any atom is -0.507 e. The van der Waals surface area contributed by atoms with Crippen molar-refractivity contribution in [3.8, 4) is 11.5 Å². The fourth-order valence-corrected chi connectivity index (χ4v) is 3.93. The average Bonchev–Trinajstić information content (AvgIpc) is 3.06. The molecule has 2 aromatic carbocycles. The van der Waals surface area contributed by atoms with Crippen molar-refractivity contribution >= 4 is 23.4 Å². The maximum Gasteiger partial charge on any atom is 0.308 e. The maximum atomic E-state index is 13.1. The van der Waals surface area contributed by atoms with Crippen molar-refractivity contribution in [2.75, 3.05) is 26.9 Å². The third kappa shape index (κ3) is 5.89. The molecule has 8 heteroatoms. The number of aryl methyl sites for hydroxylation is 1. The molecule has 3 rings (SSSR count). The van der Waals surface area contributed by atoms with E-state index in [1.807, 2.05) is 6.92 Å². The van der Waals surface area contributed by atoms with E-state index in [4.69, 9.17) is 14.2 Å². The van der Waals surface area contributed by atoms with Crippen LogP contribution in [-0.4, -0.2) is 54.5 Å². The Morgan fingerprint density at radius 1 is 1.14 bits per heavy atom. The molecule has 2 aromatic rings. The summed E-state index contributed by atoms with van der Waals surface area (Å²) in [7, 11) is 1.50. The van der Waals surface area contributed by atoms with E-state index in [0.29, 0.717) is 29.4 Å². The molecule has 1 aliphatic rings. The summed E-state index contributed by atoms with van der Waals surface area (Å²) >= 11 is 0. The number of Topliss-reactive ketones (excluding diaryl/α,β-unsaturated/α-hetero) is 1. The third-order valence-corrected chi connectivity index (χ3v) is 5.53. The number of esters is 1. The number of ether oxygens (including phenoxy) is 3. The highest BCUT2D eigenvalue weighted by Gasteiger charge is 2.46. The van der Waals surface area contributed by atoms with Crippen molar-refractivity contribution in [3.05, 3.63) is 64.7 Å². The highest BCUT2D eigenvalue weighted by Crippen LogP contribution is 2.40. The van der Waals surface area contributed by atoms with Crippen molar-refractivity contribution in [2.45, 2.75) is 33.7 Å². The van der Waals surface area contributed by atoms with Gasteiger partial charge in [-0.05, 0) is 54.3 Å². The summed E-state index contributed by atoms with van der Waals surface area (Å²) < 4.78 is 16.1. The lowest BCUT2D eigenvalue weighted by Gasteiger charge is -2.25. The normalized spacial score (nSPS) is 17.2. The van der Waals surface area contributed by atoms with Gasteiger partial charge in [-0.2, -0.15) is 0 Å². The molecule has 8 nitrogen and oxygen atoms in total. The SMILES string of the molecule is COCCN1C(=O)C(=O)/C(=C(/O)c2ccc(OCC(C)C)c(C)c2)C1c1cccc(OC(C)=O)c1. The van der Waals surface area contributed by atoms with Crippen LogP contribution in [0.1, 0.15) is 43.5 Å². The van der Waals surface area contributed by atoms with E-state index in [1.165, 1.54) is 18.9 Å². The van der Waals surface area contributed by atoms with E-state index in [9.17, 15) is 19.5 Å². The van der Waals surface area contributed by atoms with Crippen LogP contribution in [0.25, 0.3) is 5.76 Å². The molecule has 0 aliphatic carbocycles. The van der Waals surface area contributed by atoms with Crippen LogP contribution in [-0.2, 0) is 19.1 Å². The second-order valence-corrected chi connectivity index (χ2v) is 8.84. The lowest BCUT2D eigenvalue weighted by Crippen LogP contribution is -2.32. The van der Waals surface area contributed by atoms with Crippen LogP contribution in [0.5, 0.6) is 11.5 Å². The predicted molar refractivity (Wildman–Crippen MR) is 130 cm³/mol. The van der Waals surface area contributed by atoms with Crippen molar-refractivity contribution in [1.29, 1.82) is 0 Å². The predicted octanol–water partition coefficient (Wildman–Crippen LogP) is 4.02. The molecular formula is C27H31NO7. The van der Waals surface area contributed by atoms with Gasteiger partial charge in [0.15, 0.2) is 0 Å². The number of methoxy groups -OCH3 is 1. The zero-order chi connectivity index (χ0) is 25.7. The Kier molecular flexibility index (Phi) is 8.30. The number of carbonyl (C=O) groups excluding carboxylic acids is 3. The Labute approximate surface area is 205 Å². The Hall–Kier alpha value is -3.65. The first-order valence-corrected chi connectivity index (χ1v) is 11.4. The first-order valence-electron chi connectivity index (χ1n) is 11.4. The van der Waals surface area contributed by atoms with Crippen molar-refractivity contribution < 1.29 is 33.7 Å². The highest BCUT2D eigenvalue weighted by molar-refractivity contribution is 6.46. The van der Waals surface area contributed by atoms with Crippen LogP contribution in [0.3, 0.4) is 0 Å². The number of carbonyl (C=O) groups is 3. The standard InChI is InChI=1S/C27H31NO7/c1-16(2)15-34-22-10-9-20(13-17(22)3)25(30)23-24(28(11-12-33-5)27(32)26(23)31)19-7-6-8-21(14-19)35-18(4)29/h6-10,13-14,16,24,30H,11-12,15H2,1-5H3/b25-23+. The van der Waals surface area contributed by atoms with Gasteiger partial charge in [0.05, 0.1) is 24.8 Å². The maximum absolute atomic E-state index is 13.1. The van der Waals surface area contributed by atoms with Crippen LogP contribution in [0.15, 0.2) is 48.0 Å². The van der Waals surface area contributed by atoms with E-state index in [0.717, 1.165) is 5.56 Å². The number of rotatable bonds is 9. The van der Waals surface area contributed by atoms with Crippen LogP contribution in [0.2, 0.25) is 0 Å². The Morgan fingerprint density at radius 3 is 2.51 bits per heavy atom. The monoisotopic (exact) mass is 481 g/mol. The molecule has 1 heterocycles. The molecule has 1 amide bonds. The molecular weight excluding hydrogens is 450 g/mol. The number of hydrogen-bond donors (Lipinski definition) is 1. The van der Waals surface area contributed by atoms with Gasteiger partial charge in [0.1, 0.15) is 17.3 Å². The van der Waals surface area contributed by atoms with Gasteiger partial charge in [-0.3, -0.25) is 14.4 Å². The molecule has 1 atom stereocenters. The summed E-state index contributed by atoms with van der Waals surface area (Å²) in [6.45, 7) is 8.13. The topological polar surface area (TPSA) is 102 Å². The second kappa shape index (κ2) is 11.2. The van der Waals surface area contributed by atoms with Gasteiger partial charge in [-0.1, -0.05) is 26.0 Å². The minimum absolute atomic E-state index is 0.0404. The average molecular weight is 482 g/mol. The molecule has 1 fully saturated rings. The van der Waals surface area contributed by atoms with Crippen LogP contribution in [0, 0.1) is 12.8 Å². The second-order valence-electron chi connectivity index (χ2n) is 8.84. The molecule has 1 N–H and O–H groups in total. The summed E-state index contributed by atoms with van der Waals surface area (Å²) in [5.41, 5.74) is 1.66. The molecule has 1 unspecified atom stereocenters. The number of aliphatic hydroxyl groups is 1. The fourth-order valence-electron chi connectivity index (χ4n) is 3.93. The largest absolute Gasteiger partial charge is 0.507 e. The van der Waals surface area contributed by atoms with Gasteiger partial charge in [0.25, 0.3) is 11.7 Å². The van der Waals surface area contributed by atoms with Gasteiger partial charge >= 0.3 is 5.97 Å². The first kappa shape index (κ1) is 26.0. The zero-order valence-corrected chi connectivity index (χ0v) is 20.7. The third-order valence-electron chi connectivity index (χ3n) is 5.53. The first-order chi connectivity index (χ1) is 16.6. The number of nitrogens with zero attached hydrogens (tertiary/aromatic N) is 1. The summed E-state index contributed by atoms with van der Waals surface area (Å²) in [5.74, 6) is -1.00. The van der Waals surface area contributed by atoms with Gasteiger partial charge in [-0.25, -0.2) is 0 Å². The summed E-state index contributed by atoms with van der Waals surface area (Å²) in [5, 5.41) is 11.3. The van der Waals surface area contributed by atoms with E-state index in [2.05, 4.69) is 13.8 Å². The Balaban J connectivity index is 2.09. The minimum atomic E-state index is -0.877. The molecule has 1 saturated heterocycles. The van der Waals surface area contributed by atoms with Gasteiger partial charge < -0.3 is 24.2 Å². The number of benzene rings is 2. The summed E-state index contributed by atoms with van der Waals surface area (Å²) in [4.78, 5) is 38.9. The van der Waals surface area contributed by atoms with Crippen LogP contribution in [0.4, 0.5) is 0 Å². The lowest BCUT2D eigenvalue weighted by molar-refractivity contribution is -0.140. The van der Waals surface area contributed by atoms with Gasteiger partial charge in [-0.15, -0.1) is 0 Å². The molecule has 0 bridgehead atoms. The number of ketones is 1. The number of aliphatic hydroxyl groups excluding tert-OH is 1. The number of amides is 1. The van der Waals surface area contributed by atoms with Gasteiger partial charge in [0, 0.05) is 26.1 Å². The molecule has 186 valence electrons. The van der Waals surface area contributed by atoms with Crippen LogP contribution >= 0.6 is 0 Å². The van der Waals surface area contributed by atoms with Crippen molar-refractivity contribution in [3.63, 3.8) is 0 Å². The molecule has 0 radical (unpaired) electrons. The molecule has 35 heavy (non-hydrogen) atoms. The molecule has 0 aromatic heterocycles. The quantitative estimate of drug-likeness (QED) is 0.190. The zero-order valence-electron chi connectivity index (χ0n) is 20.7. The van der Waals surface area contributed by atoms with E-state index < -0.39 is 23.7 Å². The number of likely N-dealkylation sites (tertiary alicyclic amines) is 1. The highest BCUT2D eigenvalue weighted by atomic mass is 16.5.